The van der Waals surface area contributed by atoms with Crippen LogP contribution in [0.25, 0.3) is 0 Å². The van der Waals surface area contributed by atoms with Crippen molar-refractivity contribution in [2.45, 2.75) is 45.4 Å². The molecule has 2 aromatic rings. The minimum Gasteiger partial charge on any atom is -0.494 e. The summed E-state index contributed by atoms with van der Waals surface area (Å²) in [5.74, 6) is -0.203. The first-order chi connectivity index (χ1) is 12.2. The van der Waals surface area contributed by atoms with Crippen molar-refractivity contribution in [2.75, 3.05) is 6.61 Å². The zero-order chi connectivity index (χ0) is 17.9. The fourth-order valence-corrected chi connectivity index (χ4v) is 2.35. The van der Waals surface area contributed by atoms with E-state index in [-0.39, 0.29) is 5.75 Å². The van der Waals surface area contributed by atoms with Crippen LogP contribution < -0.4 is 9.47 Å². The monoisotopic (exact) mass is 345 g/mol. The van der Waals surface area contributed by atoms with Gasteiger partial charge in [-0.15, -0.1) is 0 Å². The average molecular weight is 345 g/mol. The van der Waals surface area contributed by atoms with Crippen molar-refractivity contribution in [3.8, 4) is 11.5 Å². The number of ether oxygens (including phenoxy) is 2. The molecule has 0 amide bonds. The molecule has 0 fully saturated rings. The van der Waals surface area contributed by atoms with Crippen molar-refractivity contribution in [3.63, 3.8) is 0 Å². The first-order valence-electron chi connectivity index (χ1n) is 8.75. The van der Waals surface area contributed by atoms with Crippen LogP contribution in [0.2, 0.25) is 0 Å². The van der Waals surface area contributed by atoms with Crippen molar-refractivity contribution in [2.24, 2.45) is 0 Å². The Kier molecular flexibility index (Phi) is 7.89. The summed E-state index contributed by atoms with van der Waals surface area (Å²) in [4.78, 5) is 15.5. The largest absolute Gasteiger partial charge is 0.494 e. The summed E-state index contributed by atoms with van der Waals surface area (Å²) in [6.07, 6.45) is 8.47. The maximum atomic E-state index is 12.7. The lowest BCUT2D eigenvalue weighted by atomic mass is 10.1. The highest BCUT2D eigenvalue weighted by Crippen LogP contribution is 2.16. The van der Waals surface area contributed by atoms with Crippen molar-refractivity contribution in [1.82, 2.24) is 4.98 Å². The quantitative estimate of drug-likeness (QED) is 0.338. The maximum Gasteiger partial charge on any atom is 0.343 e. The molecule has 4 nitrogen and oxygen atoms in total. The molecular weight excluding hydrogens is 321 g/mol. The number of esters is 1. The number of rotatable bonds is 10. The highest BCUT2D eigenvalue weighted by molar-refractivity contribution is 5.91. The molecule has 0 aliphatic rings. The number of benzene rings is 1. The highest BCUT2D eigenvalue weighted by atomic mass is 19.1. The van der Waals surface area contributed by atoms with Crippen LogP contribution in [-0.4, -0.2) is 17.6 Å². The number of hydrogen-bond donors (Lipinski definition) is 0. The van der Waals surface area contributed by atoms with Crippen LogP contribution in [-0.2, 0) is 0 Å². The van der Waals surface area contributed by atoms with Gasteiger partial charge < -0.3 is 9.47 Å². The van der Waals surface area contributed by atoms with E-state index in [1.165, 1.54) is 44.4 Å². The first-order valence-corrected chi connectivity index (χ1v) is 8.75. The van der Waals surface area contributed by atoms with Crippen LogP contribution in [0.4, 0.5) is 4.39 Å². The van der Waals surface area contributed by atoms with Gasteiger partial charge in [0.05, 0.1) is 18.4 Å². The third-order valence-corrected chi connectivity index (χ3v) is 3.77. The van der Waals surface area contributed by atoms with E-state index in [1.54, 1.807) is 24.3 Å². The fraction of sp³-hybridized carbons (Fsp3) is 0.400. The summed E-state index contributed by atoms with van der Waals surface area (Å²) in [5, 5.41) is 0. The van der Waals surface area contributed by atoms with Crippen LogP contribution >= 0.6 is 0 Å². The second kappa shape index (κ2) is 10.4. The second-order valence-corrected chi connectivity index (χ2v) is 5.85. The highest BCUT2D eigenvalue weighted by Gasteiger charge is 2.09. The molecule has 1 aromatic carbocycles. The fourth-order valence-electron chi connectivity index (χ4n) is 2.35. The van der Waals surface area contributed by atoms with Crippen LogP contribution in [0.5, 0.6) is 11.5 Å². The van der Waals surface area contributed by atoms with Crippen molar-refractivity contribution in [1.29, 1.82) is 0 Å². The molecule has 0 aliphatic carbocycles. The Bertz CT molecular complexity index is 641. The van der Waals surface area contributed by atoms with E-state index in [4.69, 9.17) is 9.47 Å². The van der Waals surface area contributed by atoms with Gasteiger partial charge in [0.2, 0.25) is 5.95 Å². The lowest BCUT2D eigenvalue weighted by Crippen LogP contribution is -2.08. The number of aromatic nitrogens is 1. The maximum absolute atomic E-state index is 12.7. The summed E-state index contributed by atoms with van der Waals surface area (Å²) in [6.45, 7) is 2.89. The molecule has 0 radical (unpaired) electrons. The topological polar surface area (TPSA) is 48.4 Å². The zero-order valence-electron chi connectivity index (χ0n) is 14.5. The Balaban J connectivity index is 1.73. The predicted octanol–water partition coefficient (Wildman–Crippen LogP) is 5.18. The normalized spacial score (nSPS) is 10.5. The molecule has 0 unspecified atom stereocenters. The van der Waals surface area contributed by atoms with Gasteiger partial charge in [-0.05, 0) is 42.8 Å². The average Bonchev–Trinajstić information content (AvgIpc) is 2.63. The molecule has 0 spiro atoms. The van der Waals surface area contributed by atoms with E-state index in [0.29, 0.717) is 12.2 Å². The van der Waals surface area contributed by atoms with Gasteiger partial charge in [0, 0.05) is 0 Å². The van der Waals surface area contributed by atoms with Gasteiger partial charge in [-0.25, -0.2) is 9.78 Å². The molecule has 1 heterocycles. The lowest BCUT2D eigenvalue weighted by molar-refractivity contribution is 0.0734. The van der Waals surface area contributed by atoms with Crippen molar-refractivity contribution < 1.29 is 18.7 Å². The van der Waals surface area contributed by atoms with Gasteiger partial charge in [-0.2, -0.15) is 4.39 Å². The Hall–Kier alpha value is -2.43. The Morgan fingerprint density at radius 1 is 0.960 bits per heavy atom. The summed E-state index contributed by atoms with van der Waals surface area (Å²) >= 11 is 0. The van der Waals surface area contributed by atoms with E-state index in [2.05, 4.69) is 11.9 Å². The summed E-state index contributed by atoms with van der Waals surface area (Å²) in [7, 11) is 0. The summed E-state index contributed by atoms with van der Waals surface area (Å²) in [5.41, 5.74) is 0.399. The number of hydrogen-bond acceptors (Lipinski definition) is 4. The van der Waals surface area contributed by atoms with Crippen LogP contribution in [0.3, 0.4) is 0 Å². The third kappa shape index (κ3) is 6.91. The number of halogens is 1. The summed E-state index contributed by atoms with van der Waals surface area (Å²) < 4.78 is 23.5. The molecule has 0 bridgehead atoms. The van der Waals surface area contributed by atoms with Gasteiger partial charge in [-0.1, -0.05) is 39.0 Å². The molecule has 0 saturated carbocycles. The van der Waals surface area contributed by atoms with Crippen LogP contribution in [0.15, 0.2) is 42.6 Å². The predicted molar refractivity (Wildman–Crippen MR) is 94.5 cm³/mol. The molecule has 1 aromatic heterocycles. The first kappa shape index (κ1) is 18.9. The summed E-state index contributed by atoms with van der Waals surface area (Å²) in [6, 6.07) is 9.29. The smallest absolute Gasteiger partial charge is 0.343 e. The molecule has 0 aliphatic heterocycles. The Morgan fingerprint density at radius 3 is 2.32 bits per heavy atom. The molecule has 134 valence electrons. The second-order valence-electron chi connectivity index (χ2n) is 5.85. The van der Waals surface area contributed by atoms with Gasteiger partial charge in [0.1, 0.15) is 11.5 Å². The van der Waals surface area contributed by atoms with Gasteiger partial charge >= 0.3 is 5.97 Å². The molecule has 0 N–H and O–H groups in total. The minimum atomic E-state index is -0.619. The van der Waals surface area contributed by atoms with Crippen molar-refractivity contribution >= 4 is 5.97 Å². The minimum absolute atomic E-state index is 0.204. The molecule has 2 rings (SSSR count). The van der Waals surface area contributed by atoms with Gasteiger partial charge in [-0.3, -0.25) is 0 Å². The number of carbonyl (C=O) groups excluding carboxylic acids is 1. The number of unbranched alkanes of at least 4 members (excludes halogenated alkanes) is 5. The standard InChI is InChI=1S/C20H24FNO3/c1-2-3-4-5-6-7-14-24-17-10-8-16(9-11-17)20(23)25-18-12-13-19(21)22-15-18/h8-13,15H,2-7,14H2,1H3. The van der Waals surface area contributed by atoms with Crippen LogP contribution in [0, 0.1) is 5.95 Å². The Morgan fingerprint density at radius 2 is 1.64 bits per heavy atom. The number of pyridine rings is 1. The van der Waals surface area contributed by atoms with Gasteiger partial charge in [0.25, 0.3) is 0 Å². The SMILES string of the molecule is CCCCCCCCOc1ccc(C(=O)Oc2ccc(F)nc2)cc1. The zero-order valence-corrected chi connectivity index (χ0v) is 14.5. The van der Waals surface area contributed by atoms with E-state index < -0.39 is 11.9 Å². The van der Waals surface area contributed by atoms with Crippen molar-refractivity contribution in [3.05, 3.63) is 54.1 Å². The van der Waals surface area contributed by atoms with E-state index in [0.717, 1.165) is 18.2 Å². The van der Waals surface area contributed by atoms with E-state index in [1.807, 2.05) is 0 Å². The molecule has 5 heteroatoms. The molecule has 0 saturated heterocycles. The van der Waals surface area contributed by atoms with E-state index in [9.17, 15) is 9.18 Å². The molecule has 25 heavy (non-hydrogen) atoms. The lowest BCUT2D eigenvalue weighted by Gasteiger charge is -2.07. The Labute approximate surface area is 148 Å². The molecule has 0 atom stereocenters. The van der Waals surface area contributed by atoms with E-state index >= 15 is 0 Å². The van der Waals surface area contributed by atoms with Gasteiger partial charge in [0.15, 0.2) is 0 Å². The number of carbonyl (C=O) groups is 1. The van der Waals surface area contributed by atoms with Crippen LogP contribution in [0.1, 0.15) is 55.8 Å². The number of nitrogens with zero attached hydrogens (tertiary/aromatic N) is 1. The third-order valence-electron chi connectivity index (χ3n) is 3.77. The molecular formula is C20H24FNO3.